The van der Waals surface area contributed by atoms with Gasteiger partial charge in [0.2, 0.25) is 0 Å². The molecule has 2 rings (SSSR count). The Morgan fingerprint density at radius 2 is 2.05 bits per heavy atom. The maximum Gasteiger partial charge on any atom is 0.287 e. The molecule has 2 aromatic rings. The van der Waals surface area contributed by atoms with E-state index in [0.29, 0.717) is 17.3 Å². The molecule has 0 aliphatic rings. The van der Waals surface area contributed by atoms with E-state index in [0.717, 1.165) is 12.0 Å². The third-order valence-electron chi connectivity index (χ3n) is 3.55. The topological polar surface area (TPSA) is 65.4 Å². The smallest absolute Gasteiger partial charge is 0.287 e. The van der Waals surface area contributed by atoms with Crippen LogP contribution in [0.3, 0.4) is 0 Å². The number of rotatable bonds is 6. The Balaban J connectivity index is 2.21. The molecule has 0 radical (unpaired) electrons. The molecule has 1 heterocycles. The highest BCUT2D eigenvalue weighted by atomic mass is 16.5. The second kappa shape index (κ2) is 6.98. The minimum Gasteiger partial charge on any atom is -0.493 e. The maximum absolute atomic E-state index is 12.3. The minimum atomic E-state index is -0.200. The molecule has 0 bridgehead atoms. The number of methoxy groups -OCH3 is 2. The number of aryl methyl sites for hydroxylation is 1. The first-order valence-corrected chi connectivity index (χ1v) is 7.10. The van der Waals surface area contributed by atoms with Crippen molar-refractivity contribution in [3.8, 4) is 11.5 Å². The highest BCUT2D eigenvalue weighted by molar-refractivity contribution is 5.91. The Morgan fingerprint density at radius 3 is 2.59 bits per heavy atom. The summed E-state index contributed by atoms with van der Waals surface area (Å²) in [5.74, 6) is 1.49. The summed E-state index contributed by atoms with van der Waals surface area (Å²) in [6.45, 7) is 2.01. The molecule has 1 amide bonds. The number of carbonyl (C=O) groups is 1. The van der Waals surface area contributed by atoms with Gasteiger partial charge in [-0.1, -0.05) is 13.0 Å². The standard InChI is InChI=1S/C16H21N3O3/c1-5-12(18-16(20)15-17-8-9-19(15)2)11-6-7-13(21-3)14(10-11)22-4/h6-10,12H,5H2,1-4H3,(H,18,20). The quantitative estimate of drug-likeness (QED) is 0.889. The molecule has 1 aromatic heterocycles. The molecule has 0 saturated carbocycles. The molecule has 0 spiro atoms. The van der Waals surface area contributed by atoms with Crippen molar-refractivity contribution in [3.05, 3.63) is 42.0 Å². The molecular weight excluding hydrogens is 282 g/mol. The molecule has 22 heavy (non-hydrogen) atoms. The molecule has 1 atom stereocenters. The number of ether oxygens (including phenoxy) is 2. The Labute approximate surface area is 130 Å². The number of nitrogens with one attached hydrogen (secondary N) is 1. The molecule has 6 nitrogen and oxygen atoms in total. The summed E-state index contributed by atoms with van der Waals surface area (Å²) in [4.78, 5) is 16.4. The van der Waals surface area contributed by atoms with E-state index in [9.17, 15) is 4.79 Å². The summed E-state index contributed by atoms with van der Waals surface area (Å²) < 4.78 is 12.2. The van der Waals surface area contributed by atoms with Gasteiger partial charge in [-0.05, 0) is 24.1 Å². The number of amides is 1. The second-order valence-corrected chi connectivity index (χ2v) is 4.91. The van der Waals surface area contributed by atoms with E-state index in [1.807, 2.05) is 25.1 Å². The number of hydrogen-bond acceptors (Lipinski definition) is 4. The van der Waals surface area contributed by atoms with Crippen molar-refractivity contribution in [2.75, 3.05) is 14.2 Å². The van der Waals surface area contributed by atoms with Gasteiger partial charge in [0.25, 0.3) is 5.91 Å². The first-order valence-electron chi connectivity index (χ1n) is 7.10. The zero-order valence-electron chi connectivity index (χ0n) is 13.3. The highest BCUT2D eigenvalue weighted by Gasteiger charge is 2.18. The van der Waals surface area contributed by atoms with Crippen LogP contribution in [-0.2, 0) is 7.05 Å². The average molecular weight is 303 g/mol. The molecule has 0 fully saturated rings. The van der Waals surface area contributed by atoms with Crippen molar-refractivity contribution in [3.63, 3.8) is 0 Å². The van der Waals surface area contributed by atoms with Crippen molar-refractivity contribution < 1.29 is 14.3 Å². The predicted molar refractivity (Wildman–Crippen MR) is 83.3 cm³/mol. The average Bonchev–Trinajstić information content (AvgIpc) is 2.97. The van der Waals surface area contributed by atoms with Crippen LogP contribution in [0.2, 0.25) is 0 Å². The molecule has 0 aliphatic heterocycles. The lowest BCUT2D eigenvalue weighted by molar-refractivity contribution is 0.0922. The monoisotopic (exact) mass is 303 g/mol. The molecule has 118 valence electrons. The van der Waals surface area contributed by atoms with Crippen LogP contribution in [0.15, 0.2) is 30.6 Å². The van der Waals surface area contributed by atoms with Crippen LogP contribution in [0.1, 0.15) is 35.6 Å². The van der Waals surface area contributed by atoms with Gasteiger partial charge in [0.05, 0.1) is 20.3 Å². The molecule has 1 aromatic carbocycles. The van der Waals surface area contributed by atoms with Crippen LogP contribution in [-0.4, -0.2) is 29.7 Å². The van der Waals surface area contributed by atoms with E-state index in [-0.39, 0.29) is 11.9 Å². The zero-order chi connectivity index (χ0) is 16.1. The molecule has 0 aliphatic carbocycles. The lowest BCUT2D eigenvalue weighted by Gasteiger charge is -2.19. The number of nitrogens with zero attached hydrogens (tertiary/aromatic N) is 2. The van der Waals surface area contributed by atoms with Gasteiger partial charge in [0, 0.05) is 19.4 Å². The molecule has 6 heteroatoms. The molecule has 1 N–H and O–H groups in total. The van der Waals surface area contributed by atoms with Crippen LogP contribution in [0.4, 0.5) is 0 Å². The van der Waals surface area contributed by atoms with Crippen LogP contribution in [0.25, 0.3) is 0 Å². The number of benzene rings is 1. The van der Waals surface area contributed by atoms with E-state index < -0.39 is 0 Å². The van der Waals surface area contributed by atoms with E-state index >= 15 is 0 Å². The molecule has 0 saturated heterocycles. The van der Waals surface area contributed by atoms with E-state index in [4.69, 9.17) is 9.47 Å². The maximum atomic E-state index is 12.3. The van der Waals surface area contributed by atoms with Crippen LogP contribution < -0.4 is 14.8 Å². The molecule has 1 unspecified atom stereocenters. The third kappa shape index (κ3) is 3.21. The summed E-state index contributed by atoms with van der Waals surface area (Å²) >= 11 is 0. The van der Waals surface area contributed by atoms with Crippen molar-refractivity contribution in [2.45, 2.75) is 19.4 Å². The van der Waals surface area contributed by atoms with Crippen molar-refractivity contribution in [1.29, 1.82) is 0 Å². The zero-order valence-corrected chi connectivity index (χ0v) is 13.3. The van der Waals surface area contributed by atoms with Crippen molar-refractivity contribution in [2.24, 2.45) is 7.05 Å². The van der Waals surface area contributed by atoms with Gasteiger partial charge >= 0.3 is 0 Å². The van der Waals surface area contributed by atoms with Gasteiger partial charge in [-0.15, -0.1) is 0 Å². The summed E-state index contributed by atoms with van der Waals surface area (Å²) in [6, 6.07) is 5.52. The third-order valence-corrected chi connectivity index (χ3v) is 3.55. The van der Waals surface area contributed by atoms with Crippen LogP contribution in [0.5, 0.6) is 11.5 Å². The Bertz CT molecular complexity index is 652. The molecular formula is C16H21N3O3. The second-order valence-electron chi connectivity index (χ2n) is 4.91. The highest BCUT2D eigenvalue weighted by Crippen LogP contribution is 2.30. The lowest BCUT2D eigenvalue weighted by Crippen LogP contribution is -2.30. The lowest BCUT2D eigenvalue weighted by atomic mass is 10.0. The van der Waals surface area contributed by atoms with Crippen LogP contribution in [0, 0.1) is 0 Å². The number of imidazole rings is 1. The largest absolute Gasteiger partial charge is 0.493 e. The SMILES string of the molecule is CCC(NC(=O)c1nccn1C)c1ccc(OC)c(OC)c1. The fourth-order valence-corrected chi connectivity index (χ4v) is 2.30. The Morgan fingerprint density at radius 1 is 1.32 bits per heavy atom. The Kier molecular flexibility index (Phi) is 5.04. The summed E-state index contributed by atoms with van der Waals surface area (Å²) in [7, 11) is 4.98. The first kappa shape index (κ1) is 15.9. The number of hydrogen-bond donors (Lipinski definition) is 1. The fraction of sp³-hybridized carbons (Fsp3) is 0.375. The van der Waals surface area contributed by atoms with Crippen molar-refractivity contribution >= 4 is 5.91 Å². The van der Waals surface area contributed by atoms with Gasteiger partial charge in [-0.2, -0.15) is 0 Å². The summed E-state index contributed by atoms with van der Waals surface area (Å²) in [6.07, 6.45) is 4.10. The van der Waals surface area contributed by atoms with Gasteiger partial charge in [-0.25, -0.2) is 4.98 Å². The fourth-order valence-electron chi connectivity index (χ4n) is 2.30. The normalized spacial score (nSPS) is 11.8. The number of carbonyl (C=O) groups excluding carboxylic acids is 1. The van der Waals surface area contributed by atoms with Crippen LogP contribution >= 0.6 is 0 Å². The predicted octanol–water partition coefficient (Wildman–Crippen LogP) is 2.32. The van der Waals surface area contributed by atoms with Gasteiger partial charge in [-0.3, -0.25) is 4.79 Å². The van der Waals surface area contributed by atoms with Gasteiger partial charge in [0.1, 0.15) is 0 Å². The Hall–Kier alpha value is -2.50. The summed E-state index contributed by atoms with van der Waals surface area (Å²) in [5, 5.41) is 3.00. The van der Waals surface area contributed by atoms with Gasteiger partial charge in [0.15, 0.2) is 17.3 Å². The number of aromatic nitrogens is 2. The van der Waals surface area contributed by atoms with E-state index in [1.54, 1.807) is 38.2 Å². The van der Waals surface area contributed by atoms with Crippen molar-refractivity contribution in [1.82, 2.24) is 14.9 Å². The minimum absolute atomic E-state index is 0.121. The van der Waals surface area contributed by atoms with E-state index in [1.165, 1.54) is 0 Å². The van der Waals surface area contributed by atoms with Gasteiger partial charge < -0.3 is 19.4 Å². The summed E-state index contributed by atoms with van der Waals surface area (Å²) in [5.41, 5.74) is 0.961. The van der Waals surface area contributed by atoms with E-state index in [2.05, 4.69) is 10.3 Å². The first-order chi connectivity index (χ1) is 10.6.